The van der Waals surface area contributed by atoms with Gasteiger partial charge in [-0.15, -0.1) is 0 Å². The lowest BCUT2D eigenvalue weighted by atomic mass is 10.1. The van der Waals surface area contributed by atoms with Crippen LogP contribution in [0.3, 0.4) is 0 Å². The van der Waals surface area contributed by atoms with Crippen molar-refractivity contribution in [2.45, 2.75) is 13.3 Å². The molecule has 0 aliphatic heterocycles. The van der Waals surface area contributed by atoms with Gasteiger partial charge in [-0.1, -0.05) is 12.1 Å². The summed E-state index contributed by atoms with van der Waals surface area (Å²) < 4.78 is 27.2. The first-order valence-corrected chi connectivity index (χ1v) is 11.2. The molecule has 0 spiro atoms. The Labute approximate surface area is 206 Å². The predicted molar refractivity (Wildman–Crippen MR) is 134 cm³/mol. The minimum absolute atomic E-state index is 0.186. The van der Waals surface area contributed by atoms with Gasteiger partial charge >= 0.3 is 0 Å². The van der Waals surface area contributed by atoms with Crippen LogP contribution in [0.5, 0.6) is 11.5 Å². The number of hydrogen-bond acceptors (Lipinski definition) is 5. The summed E-state index contributed by atoms with van der Waals surface area (Å²) in [5.74, 6) is 0.0131. The van der Waals surface area contributed by atoms with Crippen LogP contribution in [0.15, 0.2) is 60.7 Å². The van der Waals surface area contributed by atoms with Gasteiger partial charge in [-0.2, -0.15) is 5.10 Å². The molecule has 2 N–H and O–H groups in total. The molecular formula is C27H23FN4O4. The summed E-state index contributed by atoms with van der Waals surface area (Å²) in [5, 5.41) is 10.1. The maximum atomic E-state index is 14.8. The molecule has 0 unspecified atom stereocenters. The molecular weight excluding hydrogens is 463 g/mol. The van der Waals surface area contributed by atoms with E-state index >= 15 is 0 Å². The van der Waals surface area contributed by atoms with E-state index in [1.54, 1.807) is 56.7 Å². The van der Waals surface area contributed by atoms with E-state index in [0.717, 1.165) is 11.1 Å². The fraction of sp³-hybridized carbons (Fsp3) is 0.148. The van der Waals surface area contributed by atoms with Crippen LogP contribution in [0, 0.1) is 5.82 Å². The van der Waals surface area contributed by atoms with E-state index < -0.39 is 11.7 Å². The van der Waals surface area contributed by atoms with Crippen LogP contribution in [0.25, 0.3) is 16.9 Å². The third kappa shape index (κ3) is 4.04. The molecule has 0 saturated heterocycles. The average molecular weight is 487 g/mol. The molecule has 9 heteroatoms. The van der Waals surface area contributed by atoms with E-state index in [-0.39, 0.29) is 17.3 Å². The van der Waals surface area contributed by atoms with Gasteiger partial charge in [-0.25, -0.2) is 9.07 Å². The number of nitrogens with one attached hydrogen (secondary N) is 2. The molecule has 1 aliphatic carbocycles. The number of ether oxygens (including phenoxy) is 2. The number of para-hydroxylation sites is 1. The highest BCUT2D eigenvalue weighted by Gasteiger charge is 2.33. The number of hydrogen-bond donors (Lipinski definition) is 2. The molecule has 0 bridgehead atoms. The number of amides is 2. The summed E-state index contributed by atoms with van der Waals surface area (Å²) in [6, 6.07) is 16.7. The molecule has 0 atom stereocenters. The summed E-state index contributed by atoms with van der Waals surface area (Å²) in [6.07, 6.45) is 0.420. The number of carbonyl (C=O) groups excluding carboxylic acids is 2. The number of benzene rings is 3. The van der Waals surface area contributed by atoms with E-state index in [0.29, 0.717) is 40.6 Å². The molecule has 0 saturated carbocycles. The average Bonchev–Trinajstić information content (AvgIpc) is 3.41. The Morgan fingerprint density at radius 2 is 1.58 bits per heavy atom. The van der Waals surface area contributed by atoms with E-state index in [1.807, 2.05) is 12.1 Å². The van der Waals surface area contributed by atoms with E-state index in [1.165, 1.54) is 17.7 Å². The third-order valence-electron chi connectivity index (χ3n) is 5.97. The maximum Gasteiger partial charge on any atom is 0.276 e. The number of fused-ring (bicyclic) bond motifs is 3. The van der Waals surface area contributed by atoms with Crippen LogP contribution in [-0.4, -0.2) is 35.8 Å². The van der Waals surface area contributed by atoms with Crippen LogP contribution >= 0.6 is 0 Å². The highest BCUT2D eigenvalue weighted by atomic mass is 19.1. The van der Waals surface area contributed by atoms with Crippen LogP contribution in [0.4, 0.5) is 15.8 Å². The SMILES string of the molecule is COc1cc2c(cc1OC)-c1c(c(C(=O)Nc3ccc(NC(C)=O)cc3)nn1-c1ccccc1F)C2. The largest absolute Gasteiger partial charge is 0.493 e. The lowest BCUT2D eigenvalue weighted by molar-refractivity contribution is -0.114. The Hall–Kier alpha value is -4.66. The van der Waals surface area contributed by atoms with E-state index in [9.17, 15) is 14.0 Å². The number of halogens is 1. The number of nitrogens with zero attached hydrogens (tertiary/aromatic N) is 2. The van der Waals surface area contributed by atoms with E-state index in [4.69, 9.17) is 9.47 Å². The zero-order valence-corrected chi connectivity index (χ0v) is 19.9. The fourth-order valence-electron chi connectivity index (χ4n) is 4.38. The molecule has 4 aromatic rings. The van der Waals surface area contributed by atoms with Crippen molar-refractivity contribution in [2.75, 3.05) is 24.9 Å². The molecule has 36 heavy (non-hydrogen) atoms. The van der Waals surface area contributed by atoms with Crippen molar-refractivity contribution in [3.8, 4) is 28.4 Å². The van der Waals surface area contributed by atoms with Crippen molar-refractivity contribution in [1.82, 2.24) is 9.78 Å². The van der Waals surface area contributed by atoms with E-state index in [2.05, 4.69) is 15.7 Å². The van der Waals surface area contributed by atoms with Gasteiger partial charge in [0.1, 0.15) is 11.5 Å². The second-order valence-electron chi connectivity index (χ2n) is 8.29. The smallest absolute Gasteiger partial charge is 0.276 e. The minimum atomic E-state index is -0.461. The lowest BCUT2D eigenvalue weighted by Crippen LogP contribution is -2.15. The summed E-state index contributed by atoms with van der Waals surface area (Å²) >= 11 is 0. The zero-order chi connectivity index (χ0) is 25.4. The van der Waals surface area contributed by atoms with Crippen molar-refractivity contribution in [2.24, 2.45) is 0 Å². The Bertz CT molecular complexity index is 1490. The quantitative estimate of drug-likeness (QED) is 0.359. The highest BCUT2D eigenvalue weighted by molar-refractivity contribution is 6.06. The molecule has 2 amide bonds. The topological polar surface area (TPSA) is 94.5 Å². The molecule has 8 nitrogen and oxygen atoms in total. The van der Waals surface area contributed by atoms with Crippen molar-refractivity contribution < 1.29 is 23.5 Å². The van der Waals surface area contributed by atoms with Crippen molar-refractivity contribution >= 4 is 23.2 Å². The summed E-state index contributed by atoms with van der Waals surface area (Å²) in [5.41, 5.74) is 4.57. The third-order valence-corrected chi connectivity index (χ3v) is 5.97. The van der Waals surface area contributed by atoms with Crippen LogP contribution in [0.1, 0.15) is 28.5 Å². The number of carbonyl (C=O) groups is 2. The summed E-state index contributed by atoms with van der Waals surface area (Å²) in [6.45, 7) is 1.42. The second-order valence-corrected chi connectivity index (χ2v) is 8.29. The van der Waals surface area contributed by atoms with Crippen molar-refractivity contribution in [3.63, 3.8) is 0 Å². The first-order valence-electron chi connectivity index (χ1n) is 11.2. The van der Waals surface area contributed by atoms with Gasteiger partial charge in [0.05, 0.1) is 19.9 Å². The van der Waals surface area contributed by atoms with Crippen molar-refractivity contribution in [3.05, 3.63) is 83.3 Å². The van der Waals surface area contributed by atoms with Gasteiger partial charge in [0.25, 0.3) is 5.91 Å². The Balaban J connectivity index is 1.58. The van der Waals surface area contributed by atoms with Crippen LogP contribution in [0.2, 0.25) is 0 Å². The number of methoxy groups -OCH3 is 2. The lowest BCUT2D eigenvalue weighted by Gasteiger charge is -2.12. The first kappa shape index (κ1) is 23.1. The van der Waals surface area contributed by atoms with Crippen LogP contribution in [-0.2, 0) is 11.2 Å². The van der Waals surface area contributed by atoms with Gasteiger partial charge in [0.15, 0.2) is 17.2 Å². The monoisotopic (exact) mass is 486 g/mol. The molecule has 1 aromatic heterocycles. The second kappa shape index (κ2) is 9.18. The Morgan fingerprint density at radius 1 is 0.944 bits per heavy atom. The normalized spacial score (nSPS) is 11.4. The number of rotatable bonds is 6. The zero-order valence-electron chi connectivity index (χ0n) is 19.9. The Kier molecular flexibility index (Phi) is 5.89. The van der Waals surface area contributed by atoms with Gasteiger partial charge in [-0.3, -0.25) is 9.59 Å². The maximum absolute atomic E-state index is 14.8. The van der Waals surface area contributed by atoms with Gasteiger partial charge < -0.3 is 20.1 Å². The molecule has 0 fully saturated rings. The fourth-order valence-corrected chi connectivity index (χ4v) is 4.38. The minimum Gasteiger partial charge on any atom is -0.493 e. The van der Waals surface area contributed by atoms with Crippen LogP contribution < -0.4 is 20.1 Å². The molecule has 1 aliphatic rings. The number of aromatic nitrogens is 2. The Morgan fingerprint density at radius 3 is 2.22 bits per heavy atom. The standard InChI is InChI=1S/C27H23FN4O4/c1-15(33)29-17-8-10-18(11-9-17)30-27(34)25-20-12-16-13-23(35-2)24(36-3)14-19(16)26(20)32(31-25)22-7-5-4-6-21(22)28/h4-11,13-14H,12H2,1-3H3,(H,29,33)(H,30,34). The number of anilines is 2. The van der Waals surface area contributed by atoms with Crippen molar-refractivity contribution in [1.29, 1.82) is 0 Å². The van der Waals surface area contributed by atoms with Gasteiger partial charge in [0, 0.05) is 35.8 Å². The molecule has 1 heterocycles. The highest BCUT2D eigenvalue weighted by Crippen LogP contribution is 2.45. The first-order chi connectivity index (χ1) is 17.4. The molecule has 0 radical (unpaired) electrons. The molecule has 5 rings (SSSR count). The molecule has 3 aromatic carbocycles. The predicted octanol–water partition coefficient (Wildman–Crippen LogP) is 4.81. The summed E-state index contributed by atoms with van der Waals surface area (Å²) in [4.78, 5) is 24.6. The summed E-state index contributed by atoms with van der Waals surface area (Å²) in [7, 11) is 3.11. The van der Waals surface area contributed by atoms with Gasteiger partial charge in [0.2, 0.25) is 5.91 Å². The molecule has 182 valence electrons. The van der Waals surface area contributed by atoms with Gasteiger partial charge in [-0.05, 0) is 54.1 Å².